The van der Waals surface area contributed by atoms with Crippen LogP contribution in [0, 0.1) is 5.82 Å². The van der Waals surface area contributed by atoms with E-state index in [-0.39, 0.29) is 10.6 Å². The van der Waals surface area contributed by atoms with Gasteiger partial charge in [0.15, 0.2) is 0 Å². The summed E-state index contributed by atoms with van der Waals surface area (Å²) in [6, 6.07) is 8.59. The van der Waals surface area contributed by atoms with Crippen molar-refractivity contribution in [2.45, 2.75) is 4.90 Å². The maximum atomic E-state index is 13.1. The van der Waals surface area contributed by atoms with Gasteiger partial charge in [-0.15, -0.1) is 0 Å². The lowest BCUT2D eigenvalue weighted by Gasteiger charge is -2.10. The second-order valence-corrected chi connectivity index (χ2v) is 6.65. The highest BCUT2D eigenvalue weighted by molar-refractivity contribution is 9.10. The largest absolute Gasteiger partial charge is 0.478 e. The van der Waals surface area contributed by atoms with Gasteiger partial charge in [-0.1, -0.05) is 15.9 Å². The lowest BCUT2D eigenvalue weighted by atomic mass is 10.2. The fourth-order valence-electron chi connectivity index (χ4n) is 1.60. The molecule has 0 amide bonds. The molecule has 0 atom stereocenters. The highest BCUT2D eigenvalue weighted by Crippen LogP contribution is 2.22. The Balaban J connectivity index is 2.41. The van der Waals surface area contributed by atoms with Gasteiger partial charge in [-0.3, -0.25) is 4.72 Å². The van der Waals surface area contributed by atoms with Gasteiger partial charge in [0.2, 0.25) is 0 Å². The van der Waals surface area contributed by atoms with Crippen molar-refractivity contribution in [1.29, 1.82) is 0 Å². The van der Waals surface area contributed by atoms with Gasteiger partial charge in [-0.2, -0.15) is 0 Å². The zero-order chi connectivity index (χ0) is 15.6. The minimum Gasteiger partial charge on any atom is -0.478 e. The SMILES string of the molecule is O=C(O)c1cc(F)ccc1NS(=O)(=O)c1ccc(Br)cc1. The first-order chi connectivity index (χ1) is 9.79. The van der Waals surface area contributed by atoms with E-state index in [1.807, 2.05) is 0 Å². The van der Waals surface area contributed by atoms with E-state index in [0.717, 1.165) is 18.2 Å². The van der Waals surface area contributed by atoms with Crippen molar-refractivity contribution in [1.82, 2.24) is 0 Å². The molecule has 0 aliphatic rings. The van der Waals surface area contributed by atoms with Gasteiger partial charge in [0.25, 0.3) is 10.0 Å². The van der Waals surface area contributed by atoms with E-state index >= 15 is 0 Å². The smallest absolute Gasteiger partial charge is 0.337 e. The van der Waals surface area contributed by atoms with Crippen LogP contribution in [-0.4, -0.2) is 19.5 Å². The molecule has 0 spiro atoms. The first-order valence-electron chi connectivity index (χ1n) is 5.61. The Hall–Kier alpha value is -1.93. The molecule has 2 N–H and O–H groups in total. The summed E-state index contributed by atoms with van der Waals surface area (Å²) in [7, 11) is -3.96. The molecule has 110 valence electrons. The number of anilines is 1. The Bertz CT molecular complexity index is 790. The normalized spacial score (nSPS) is 11.1. The van der Waals surface area contributed by atoms with Crippen LogP contribution in [0.3, 0.4) is 0 Å². The molecule has 0 aromatic heterocycles. The van der Waals surface area contributed by atoms with Crippen molar-refractivity contribution >= 4 is 37.6 Å². The fourth-order valence-corrected chi connectivity index (χ4v) is 2.94. The van der Waals surface area contributed by atoms with Gasteiger partial charge in [0, 0.05) is 4.47 Å². The number of hydrogen-bond acceptors (Lipinski definition) is 3. The molecule has 2 rings (SSSR count). The molecular formula is C13H9BrFNO4S. The third-order valence-corrected chi connectivity index (χ3v) is 4.49. The van der Waals surface area contributed by atoms with E-state index in [9.17, 15) is 17.6 Å². The predicted molar refractivity (Wildman–Crippen MR) is 78.3 cm³/mol. The summed E-state index contributed by atoms with van der Waals surface area (Å²) in [5.41, 5.74) is -0.664. The van der Waals surface area contributed by atoms with Crippen LogP contribution in [0.2, 0.25) is 0 Å². The first kappa shape index (κ1) is 15.5. The summed E-state index contributed by atoms with van der Waals surface area (Å²) in [6.07, 6.45) is 0. The second kappa shape index (κ2) is 5.82. The maximum absolute atomic E-state index is 13.1. The van der Waals surface area contributed by atoms with Gasteiger partial charge < -0.3 is 5.11 Å². The second-order valence-electron chi connectivity index (χ2n) is 4.05. The monoisotopic (exact) mass is 373 g/mol. The highest BCUT2D eigenvalue weighted by Gasteiger charge is 2.19. The van der Waals surface area contributed by atoms with Crippen LogP contribution < -0.4 is 4.72 Å². The van der Waals surface area contributed by atoms with Crippen LogP contribution in [-0.2, 0) is 10.0 Å². The number of hydrogen-bond donors (Lipinski definition) is 2. The minimum atomic E-state index is -3.96. The quantitative estimate of drug-likeness (QED) is 0.862. The average Bonchev–Trinajstić information content (AvgIpc) is 2.41. The zero-order valence-electron chi connectivity index (χ0n) is 10.4. The molecule has 0 heterocycles. The summed E-state index contributed by atoms with van der Waals surface area (Å²) in [5.74, 6) is -2.19. The highest BCUT2D eigenvalue weighted by atomic mass is 79.9. The summed E-state index contributed by atoms with van der Waals surface area (Å²) in [4.78, 5) is 11.0. The molecule has 0 saturated carbocycles. The summed E-state index contributed by atoms with van der Waals surface area (Å²) in [5, 5.41) is 8.99. The van der Waals surface area contributed by atoms with E-state index in [2.05, 4.69) is 20.7 Å². The van der Waals surface area contributed by atoms with Gasteiger partial charge >= 0.3 is 5.97 Å². The zero-order valence-corrected chi connectivity index (χ0v) is 12.8. The van der Waals surface area contributed by atoms with Crippen LogP contribution in [0.1, 0.15) is 10.4 Å². The third-order valence-electron chi connectivity index (χ3n) is 2.58. The van der Waals surface area contributed by atoms with E-state index < -0.39 is 27.4 Å². The van der Waals surface area contributed by atoms with Crippen molar-refractivity contribution in [3.63, 3.8) is 0 Å². The van der Waals surface area contributed by atoms with Gasteiger partial charge in [0.1, 0.15) is 5.82 Å². The molecule has 0 aliphatic heterocycles. The molecule has 0 bridgehead atoms. The number of nitrogens with one attached hydrogen (secondary N) is 1. The number of carbonyl (C=O) groups is 1. The summed E-state index contributed by atoms with van der Waals surface area (Å²) in [6.45, 7) is 0. The topological polar surface area (TPSA) is 83.5 Å². The lowest BCUT2D eigenvalue weighted by molar-refractivity contribution is 0.0697. The number of carboxylic acids is 1. The Morgan fingerprint density at radius 2 is 1.76 bits per heavy atom. The number of benzene rings is 2. The molecule has 0 aliphatic carbocycles. The van der Waals surface area contributed by atoms with Crippen molar-refractivity contribution in [3.05, 3.63) is 58.3 Å². The lowest BCUT2D eigenvalue weighted by Crippen LogP contribution is -2.15. The maximum Gasteiger partial charge on any atom is 0.337 e. The Kier molecular flexibility index (Phi) is 4.29. The van der Waals surface area contributed by atoms with Gasteiger partial charge in [-0.05, 0) is 42.5 Å². The molecule has 21 heavy (non-hydrogen) atoms. The Morgan fingerprint density at radius 3 is 2.33 bits per heavy atom. The molecular weight excluding hydrogens is 365 g/mol. The molecule has 2 aromatic rings. The molecule has 0 unspecified atom stereocenters. The number of aromatic carboxylic acids is 1. The van der Waals surface area contributed by atoms with E-state index in [0.29, 0.717) is 4.47 Å². The molecule has 2 aromatic carbocycles. The fraction of sp³-hybridized carbons (Fsp3) is 0. The summed E-state index contributed by atoms with van der Waals surface area (Å²) >= 11 is 3.18. The van der Waals surface area contributed by atoms with E-state index in [4.69, 9.17) is 5.11 Å². The van der Waals surface area contributed by atoms with Crippen molar-refractivity contribution in [2.75, 3.05) is 4.72 Å². The van der Waals surface area contributed by atoms with E-state index in [1.54, 1.807) is 0 Å². The van der Waals surface area contributed by atoms with Crippen LogP contribution in [0.15, 0.2) is 51.8 Å². The molecule has 0 fully saturated rings. The van der Waals surface area contributed by atoms with Crippen molar-refractivity contribution < 1.29 is 22.7 Å². The third kappa shape index (κ3) is 3.59. The van der Waals surface area contributed by atoms with Gasteiger partial charge in [-0.25, -0.2) is 17.6 Å². The number of rotatable bonds is 4. The average molecular weight is 374 g/mol. The van der Waals surface area contributed by atoms with Crippen molar-refractivity contribution in [2.24, 2.45) is 0 Å². The van der Waals surface area contributed by atoms with Crippen LogP contribution in [0.5, 0.6) is 0 Å². The molecule has 8 heteroatoms. The first-order valence-corrected chi connectivity index (χ1v) is 7.88. The predicted octanol–water partition coefficient (Wildman–Crippen LogP) is 3.09. The number of sulfonamides is 1. The van der Waals surface area contributed by atoms with Crippen LogP contribution >= 0.6 is 15.9 Å². The van der Waals surface area contributed by atoms with Crippen molar-refractivity contribution in [3.8, 4) is 0 Å². The number of halogens is 2. The van der Waals surface area contributed by atoms with Crippen LogP contribution in [0.25, 0.3) is 0 Å². The molecule has 5 nitrogen and oxygen atoms in total. The minimum absolute atomic E-state index is 0.0358. The summed E-state index contributed by atoms with van der Waals surface area (Å²) < 4.78 is 40.2. The van der Waals surface area contributed by atoms with Gasteiger partial charge in [0.05, 0.1) is 16.1 Å². The standard InChI is InChI=1S/C13H9BrFNO4S/c14-8-1-4-10(5-2-8)21(19,20)16-12-6-3-9(15)7-11(12)13(17)18/h1-7,16H,(H,17,18). The van der Waals surface area contributed by atoms with E-state index in [1.165, 1.54) is 24.3 Å². The van der Waals surface area contributed by atoms with Crippen LogP contribution in [0.4, 0.5) is 10.1 Å². The Morgan fingerprint density at radius 1 is 1.14 bits per heavy atom. The molecule has 0 radical (unpaired) electrons. The molecule has 0 saturated heterocycles. The Labute approximate surface area is 128 Å². The number of carboxylic acid groups (broad SMARTS) is 1.